The van der Waals surface area contributed by atoms with Gasteiger partial charge in [-0.2, -0.15) is 0 Å². The van der Waals surface area contributed by atoms with Crippen molar-refractivity contribution in [1.29, 1.82) is 0 Å². The summed E-state index contributed by atoms with van der Waals surface area (Å²) in [4.78, 5) is 24.3. The maximum absolute atomic E-state index is 12.2. The molecule has 0 aliphatic rings. The second kappa shape index (κ2) is 5.76. The van der Waals surface area contributed by atoms with Crippen LogP contribution < -0.4 is 0 Å². The smallest absolute Gasteiger partial charge is 0.234 e. The lowest BCUT2D eigenvalue weighted by molar-refractivity contribution is 0.0816. The minimum Gasteiger partial charge on any atom is -0.508 e. The van der Waals surface area contributed by atoms with E-state index in [9.17, 15) is 19.8 Å². The van der Waals surface area contributed by atoms with Crippen LogP contribution in [0.15, 0.2) is 45.3 Å². The van der Waals surface area contributed by atoms with Crippen molar-refractivity contribution in [2.24, 2.45) is 0 Å². The van der Waals surface area contributed by atoms with Crippen LogP contribution in [0.3, 0.4) is 0 Å². The minimum atomic E-state index is -0.705. The van der Waals surface area contributed by atoms with Crippen molar-refractivity contribution in [3.8, 4) is 11.5 Å². The lowest BCUT2D eigenvalue weighted by Crippen LogP contribution is -2.15. The third-order valence-corrected chi connectivity index (χ3v) is 3.91. The Balaban J connectivity index is 2.40. The van der Waals surface area contributed by atoms with E-state index in [0.717, 1.165) is 0 Å². The van der Waals surface area contributed by atoms with Crippen LogP contribution in [-0.2, 0) is 0 Å². The Labute approximate surface area is 131 Å². The third kappa shape index (κ3) is 2.91. The molecule has 0 saturated heterocycles. The summed E-state index contributed by atoms with van der Waals surface area (Å²) in [5.74, 6) is -1.43. The molecule has 2 aromatic carbocycles. The molecule has 0 spiro atoms. The molecule has 0 fully saturated rings. The number of aromatic hydroxyl groups is 2. The summed E-state index contributed by atoms with van der Waals surface area (Å²) < 4.78 is 0.677. The van der Waals surface area contributed by atoms with Crippen LogP contribution in [0.1, 0.15) is 20.7 Å². The van der Waals surface area contributed by atoms with Gasteiger partial charge in [0.25, 0.3) is 0 Å². The van der Waals surface area contributed by atoms with Crippen molar-refractivity contribution in [1.82, 2.24) is 0 Å². The summed E-state index contributed by atoms with van der Waals surface area (Å²) >= 11 is 6.27. The van der Waals surface area contributed by atoms with Gasteiger partial charge in [-0.15, -0.1) is 0 Å². The topological polar surface area (TPSA) is 74.6 Å². The Morgan fingerprint density at radius 3 is 1.40 bits per heavy atom. The molecule has 0 aliphatic carbocycles. The van der Waals surface area contributed by atoms with Crippen LogP contribution in [0.2, 0.25) is 0 Å². The molecule has 0 aromatic heterocycles. The first-order valence-electron chi connectivity index (χ1n) is 5.46. The number of carbonyl (C=O) groups excluding carboxylic acids is 2. The molecule has 0 amide bonds. The first-order valence-corrected chi connectivity index (χ1v) is 7.05. The fourth-order valence-electron chi connectivity index (χ4n) is 1.62. The zero-order valence-electron chi connectivity index (χ0n) is 9.93. The molecule has 0 bridgehead atoms. The summed E-state index contributed by atoms with van der Waals surface area (Å²) in [6.07, 6.45) is 0. The van der Waals surface area contributed by atoms with E-state index < -0.39 is 11.6 Å². The van der Waals surface area contributed by atoms with Gasteiger partial charge in [0.1, 0.15) is 11.5 Å². The van der Waals surface area contributed by atoms with Crippen molar-refractivity contribution >= 4 is 43.4 Å². The quantitative estimate of drug-likeness (QED) is 0.609. The number of phenols is 2. The number of ketones is 2. The number of rotatable bonds is 3. The molecule has 2 aromatic rings. The highest BCUT2D eigenvalue weighted by Crippen LogP contribution is 2.26. The fraction of sp³-hybridized carbons (Fsp3) is 0. The predicted octanol–water partition coefficient (Wildman–Crippen LogP) is 3.69. The van der Waals surface area contributed by atoms with Crippen LogP contribution in [0.4, 0.5) is 0 Å². The first-order chi connectivity index (χ1) is 9.40. The minimum absolute atomic E-state index is 0.00770. The maximum Gasteiger partial charge on any atom is 0.234 e. The van der Waals surface area contributed by atoms with Crippen molar-refractivity contribution < 1.29 is 19.8 Å². The summed E-state index contributed by atoms with van der Waals surface area (Å²) in [6, 6.07) is 8.08. The average molecular weight is 400 g/mol. The molecule has 0 heterocycles. The molecule has 2 rings (SSSR count). The molecular formula is C14H8Br2O4. The van der Waals surface area contributed by atoms with Gasteiger partial charge in [0.15, 0.2) is 0 Å². The maximum atomic E-state index is 12.2. The normalized spacial score (nSPS) is 10.3. The summed E-state index contributed by atoms with van der Waals surface area (Å²) in [5, 5.41) is 18.6. The number of halogens is 2. The van der Waals surface area contributed by atoms with Gasteiger partial charge in [-0.25, -0.2) is 0 Å². The van der Waals surface area contributed by atoms with Gasteiger partial charge in [-0.3, -0.25) is 9.59 Å². The van der Waals surface area contributed by atoms with Crippen molar-refractivity contribution in [3.05, 3.63) is 56.5 Å². The molecule has 0 radical (unpaired) electrons. The van der Waals surface area contributed by atoms with Crippen LogP contribution in [0.25, 0.3) is 0 Å². The molecule has 2 N–H and O–H groups in total. The second-order valence-corrected chi connectivity index (χ2v) is 5.70. The van der Waals surface area contributed by atoms with Crippen LogP contribution in [0.5, 0.6) is 11.5 Å². The number of hydrogen-bond donors (Lipinski definition) is 2. The Hall–Kier alpha value is -1.66. The summed E-state index contributed by atoms with van der Waals surface area (Å²) in [6.45, 7) is 0. The number of phenolic OH excluding ortho intramolecular Hbond substituents is 2. The Morgan fingerprint density at radius 2 is 1.10 bits per heavy atom. The standard InChI is InChI=1S/C14H8Br2O4/c15-11-5-7(17)1-3-9(11)13(19)14(20)10-4-2-8(18)6-12(10)16/h1-6,17-18H. The van der Waals surface area contributed by atoms with E-state index in [1.54, 1.807) is 0 Å². The molecule has 0 saturated carbocycles. The van der Waals surface area contributed by atoms with E-state index in [1.165, 1.54) is 36.4 Å². The van der Waals surface area contributed by atoms with E-state index in [-0.39, 0.29) is 22.6 Å². The van der Waals surface area contributed by atoms with E-state index in [4.69, 9.17) is 0 Å². The van der Waals surface area contributed by atoms with E-state index in [1.807, 2.05) is 0 Å². The highest BCUT2D eigenvalue weighted by molar-refractivity contribution is 9.10. The molecule has 0 aliphatic heterocycles. The van der Waals surface area contributed by atoms with Crippen molar-refractivity contribution in [3.63, 3.8) is 0 Å². The third-order valence-electron chi connectivity index (χ3n) is 2.60. The predicted molar refractivity (Wildman–Crippen MR) is 80.3 cm³/mol. The number of hydrogen-bond acceptors (Lipinski definition) is 4. The zero-order valence-corrected chi connectivity index (χ0v) is 13.1. The van der Waals surface area contributed by atoms with Crippen molar-refractivity contribution in [2.75, 3.05) is 0 Å². The largest absolute Gasteiger partial charge is 0.508 e. The van der Waals surface area contributed by atoms with Crippen LogP contribution in [-0.4, -0.2) is 21.8 Å². The molecule has 6 heteroatoms. The highest BCUT2D eigenvalue weighted by atomic mass is 79.9. The van der Waals surface area contributed by atoms with Gasteiger partial charge in [0.2, 0.25) is 11.6 Å². The molecule has 0 atom stereocenters. The molecule has 20 heavy (non-hydrogen) atoms. The van der Waals surface area contributed by atoms with Crippen molar-refractivity contribution in [2.45, 2.75) is 0 Å². The summed E-state index contributed by atoms with van der Waals surface area (Å²) in [7, 11) is 0. The van der Waals surface area contributed by atoms with Gasteiger partial charge in [0.05, 0.1) is 0 Å². The van der Waals surface area contributed by atoms with Gasteiger partial charge >= 0.3 is 0 Å². The molecule has 4 nitrogen and oxygen atoms in total. The number of Topliss-reactive ketones (excluding diaryl/α,β-unsaturated/α-hetero) is 2. The molecule has 102 valence electrons. The zero-order chi connectivity index (χ0) is 14.9. The highest BCUT2D eigenvalue weighted by Gasteiger charge is 2.22. The van der Waals surface area contributed by atoms with Gasteiger partial charge < -0.3 is 10.2 Å². The monoisotopic (exact) mass is 398 g/mol. The van der Waals surface area contributed by atoms with E-state index >= 15 is 0 Å². The first kappa shape index (κ1) is 14.7. The SMILES string of the molecule is O=C(C(=O)c1ccc(O)cc1Br)c1ccc(O)cc1Br. The van der Waals surface area contributed by atoms with Gasteiger partial charge in [-0.05, 0) is 68.3 Å². The number of carbonyl (C=O) groups is 2. The number of benzene rings is 2. The molecular weight excluding hydrogens is 392 g/mol. The van der Waals surface area contributed by atoms with Gasteiger partial charge in [-0.1, -0.05) is 0 Å². The Bertz CT molecular complexity index is 649. The Morgan fingerprint density at radius 1 is 0.750 bits per heavy atom. The fourth-order valence-corrected chi connectivity index (χ4v) is 2.71. The lowest BCUT2D eigenvalue weighted by Gasteiger charge is -2.06. The van der Waals surface area contributed by atoms with E-state index in [2.05, 4.69) is 31.9 Å². The van der Waals surface area contributed by atoms with Crippen LogP contribution in [0, 0.1) is 0 Å². The van der Waals surface area contributed by atoms with E-state index in [0.29, 0.717) is 8.95 Å². The molecule has 0 unspecified atom stereocenters. The summed E-state index contributed by atoms with van der Waals surface area (Å²) in [5.41, 5.74) is 0.320. The average Bonchev–Trinajstić information content (AvgIpc) is 2.37. The second-order valence-electron chi connectivity index (χ2n) is 3.99. The lowest BCUT2D eigenvalue weighted by atomic mass is 10.0. The Kier molecular flexibility index (Phi) is 4.25. The van der Waals surface area contributed by atoms with Gasteiger partial charge in [0, 0.05) is 20.1 Å². The van der Waals surface area contributed by atoms with Crippen LogP contribution >= 0.6 is 31.9 Å².